The highest BCUT2D eigenvalue weighted by atomic mass is 32.1. The van der Waals surface area contributed by atoms with Crippen LogP contribution in [0.3, 0.4) is 0 Å². The van der Waals surface area contributed by atoms with Crippen molar-refractivity contribution in [1.29, 1.82) is 0 Å². The second-order valence-corrected chi connectivity index (χ2v) is 11.1. The highest BCUT2D eigenvalue weighted by Crippen LogP contribution is 2.45. The van der Waals surface area contributed by atoms with Crippen LogP contribution in [0.15, 0.2) is 47.5 Å². The van der Waals surface area contributed by atoms with Crippen molar-refractivity contribution >= 4 is 34.1 Å². The van der Waals surface area contributed by atoms with Crippen LogP contribution in [0.25, 0.3) is 0 Å². The fraction of sp³-hybridized carbons (Fsp3) is 0.379. The van der Waals surface area contributed by atoms with Crippen molar-refractivity contribution in [3.05, 3.63) is 64.0 Å². The van der Waals surface area contributed by atoms with Crippen LogP contribution >= 0.6 is 11.3 Å². The van der Waals surface area contributed by atoms with Crippen LogP contribution in [-0.4, -0.2) is 33.5 Å². The maximum Gasteiger partial charge on any atom is 0.259 e. The molecule has 1 heterocycles. The molecule has 1 amide bonds. The molecule has 0 saturated carbocycles. The van der Waals surface area contributed by atoms with Crippen molar-refractivity contribution in [2.24, 2.45) is 16.3 Å². The Bertz CT molecular complexity index is 1260. The van der Waals surface area contributed by atoms with Gasteiger partial charge < -0.3 is 19.5 Å². The number of ether oxygens (including phenoxy) is 3. The zero-order valence-electron chi connectivity index (χ0n) is 21.8. The Balaban J connectivity index is 1.75. The first kappa shape index (κ1) is 25.8. The normalized spacial score (nSPS) is 15.4. The number of aliphatic imine (C=N–C) groups is 1. The summed E-state index contributed by atoms with van der Waals surface area (Å²) >= 11 is 1.62. The van der Waals surface area contributed by atoms with Crippen molar-refractivity contribution in [3.63, 3.8) is 0 Å². The average molecular weight is 507 g/mol. The van der Waals surface area contributed by atoms with E-state index in [0.717, 1.165) is 36.1 Å². The number of hydrogen-bond acceptors (Lipinski definition) is 6. The van der Waals surface area contributed by atoms with E-state index in [9.17, 15) is 4.79 Å². The summed E-state index contributed by atoms with van der Waals surface area (Å²) in [5.74, 6) is 2.21. The Hall–Kier alpha value is -3.32. The summed E-state index contributed by atoms with van der Waals surface area (Å²) in [6.07, 6.45) is 4.63. The van der Waals surface area contributed by atoms with E-state index in [1.165, 1.54) is 4.88 Å². The Morgan fingerprint density at radius 2 is 1.69 bits per heavy atom. The molecule has 1 aromatic heterocycles. The van der Waals surface area contributed by atoms with E-state index >= 15 is 0 Å². The molecule has 0 bridgehead atoms. The van der Waals surface area contributed by atoms with Crippen molar-refractivity contribution in [3.8, 4) is 17.2 Å². The van der Waals surface area contributed by atoms with Gasteiger partial charge in [-0.2, -0.15) is 0 Å². The number of thiophene rings is 1. The number of methoxy groups -OCH3 is 3. The number of benzene rings is 2. The zero-order chi connectivity index (χ0) is 25.9. The third-order valence-corrected chi connectivity index (χ3v) is 7.95. The summed E-state index contributed by atoms with van der Waals surface area (Å²) in [6, 6.07) is 13.1. The number of carbonyl (C=O) groups excluding carboxylic acids is 1. The van der Waals surface area contributed by atoms with Gasteiger partial charge in [-0.05, 0) is 54.4 Å². The lowest BCUT2D eigenvalue weighted by molar-refractivity contribution is 0.102. The second kappa shape index (κ2) is 10.7. The lowest BCUT2D eigenvalue weighted by atomic mass is 9.72. The minimum atomic E-state index is -0.126. The number of anilines is 1. The average Bonchev–Trinajstić information content (AvgIpc) is 3.24. The summed E-state index contributed by atoms with van der Waals surface area (Å²) in [5.41, 5.74) is 3.51. The van der Waals surface area contributed by atoms with Crippen LogP contribution in [0.1, 0.15) is 53.6 Å². The number of amides is 1. The van der Waals surface area contributed by atoms with Gasteiger partial charge in [0, 0.05) is 28.4 Å². The van der Waals surface area contributed by atoms with Gasteiger partial charge in [-0.25, -0.2) is 4.99 Å². The van der Waals surface area contributed by atoms with Crippen LogP contribution in [0, 0.1) is 11.3 Å². The number of nitrogens with zero attached hydrogens (tertiary/aromatic N) is 1. The van der Waals surface area contributed by atoms with Gasteiger partial charge >= 0.3 is 0 Å². The van der Waals surface area contributed by atoms with E-state index in [4.69, 9.17) is 19.2 Å². The van der Waals surface area contributed by atoms with Crippen LogP contribution < -0.4 is 19.5 Å². The second-order valence-electron chi connectivity index (χ2n) is 10.0. The van der Waals surface area contributed by atoms with Gasteiger partial charge in [-0.15, -0.1) is 11.3 Å². The molecule has 4 rings (SSSR count). The van der Waals surface area contributed by atoms with Gasteiger partial charge in [0.2, 0.25) is 0 Å². The van der Waals surface area contributed by atoms with Gasteiger partial charge in [-0.3, -0.25) is 4.79 Å². The number of rotatable bonds is 7. The monoisotopic (exact) mass is 506 g/mol. The van der Waals surface area contributed by atoms with Crippen LogP contribution in [0.4, 0.5) is 10.7 Å². The summed E-state index contributed by atoms with van der Waals surface area (Å²) in [6.45, 7) is 6.88. The van der Waals surface area contributed by atoms with E-state index in [-0.39, 0.29) is 11.3 Å². The van der Waals surface area contributed by atoms with Crippen molar-refractivity contribution in [2.75, 3.05) is 26.6 Å². The zero-order valence-corrected chi connectivity index (χ0v) is 22.6. The number of fused-ring (bicyclic) bond motifs is 1. The fourth-order valence-electron chi connectivity index (χ4n) is 4.63. The summed E-state index contributed by atoms with van der Waals surface area (Å²) < 4.78 is 16.4. The smallest absolute Gasteiger partial charge is 0.259 e. The predicted octanol–water partition coefficient (Wildman–Crippen LogP) is 6.93. The molecule has 0 spiro atoms. The van der Waals surface area contributed by atoms with E-state index in [1.54, 1.807) is 44.9 Å². The third-order valence-electron chi connectivity index (χ3n) is 6.79. The van der Waals surface area contributed by atoms with Gasteiger partial charge in [0.15, 0.2) is 11.5 Å². The Kier molecular flexibility index (Phi) is 7.69. The molecular weight excluding hydrogens is 472 g/mol. The third kappa shape index (κ3) is 5.41. The van der Waals surface area contributed by atoms with Gasteiger partial charge in [0.1, 0.15) is 10.8 Å². The molecule has 0 fully saturated rings. The summed E-state index contributed by atoms with van der Waals surface area (Å²) in [5, 5.41) is 3.77. The molecule has 3 aromatic rings. The molecule has 190 valence electrons. The largest absolute Gasteiger partial charge is 0.496 e. The summed E-state index contributed by atoms with van der Waals surface area (Å²) in [4.78, 5) is 19.6. The molecule has 1 atom stereocenters. The van der Waals surface area contributed by atoms with E-state index in [1.807, 2.05) is 36.4 Å². The molecule has 36 heavy (non-hydrogen) atoms. The van der Waals surface area contributed by atoms with Gasteiger partial charge in [0.05, 0.1) is 26.9 Å². The molecule has 0 aliphatic heterocycles. The van der Waals surface area contributed by atoms with Crippen LogP contribution in [-0.2, 0) is 12.8 Å². The molecule has 1 aliphatic rings. The first-order valence-electron chi connectivity index (χ1n) is 12.1. The van der Waals surface area contributed by atoms with Gasteiger partial charge in [0.25, 0.3) is 5.91 Å². The molecule has 0 saturated heterocycles. The van der Waals surface area contributed by atoms with Crippen molar-refractivity contribution in [1.82, 2.24) is 0 Å². The molecule has 1 aliphatic carbocycles. The Morgan fingerprint density at radius 3 is 2.33 bits per heavy atom. The van der Waals surface area contributed by atoms with Crippen LogP contribution in [0.5, 0.6) is 17.2 Å². The van der Waals surface area contributed by atoms with Crippen LogP contribution in [0.2, 0.25) is 0 Å². The number of hydrogen-bond donors (Lipinski definition) is 1. The Morgan fingerprint density at radius 1 is 1.03 bits per heavy atom. The Labute approximate surface area is 217 Å². The number of nitrogens with one attached hydrogen (secondary N) is 1. The topological polar surface area (TPSA) is 69.1 Å². The van der Waals surface area contributed by atoms with Gasteiger partial charge in [-0.1, -0.05) is 39.0 Å². The fourth-order valence-corrected chi connectivity index (χ4v) is 5.90. The quantitative estimate of drug-likeness (QED) is 0.353. The van der Waals surface area contributed by atoms with E-state index in [2.05, 4.69) is 26.1 Å². The lowest BCUT2D eigenvalue weighted by Crippen LogP contribution is -2.27. The summed E-state index contributed by atoms with van der Waals surface area (Å²) in [7, 11) is 4.79. The molecule has 2 aromatic carbocycles. The van der Waals surface area contributed by atoms with Crippen molar-refractivity contribution < 1.29 is 19.0 Å². The molecule has 1 N–H and O–H groups in total. The van der Waals surface area contributed by atoms with Crippen molar-refractivity contribution in [2.45, 2.75) is 40.0 Å². The molecule has 6 nitrogen and oxygen atoms in total. The molecular formula is C29H34N2O4S. The SMILES string of the molecule is COc1cc(OC)c(OC)cc1C=Nc1sc2c(c1C(=O)Nc1ccccc1)CC[C@@H](C(C)(C)C)C2. The first-order chi connectivity index (χ1) is 17.2. The maximum atomic E-state index is 13.5. The number of carbonyl (C=O) groups is 1. The first-order valence-corrected chi connectivity index (χ1v) is 12.9. The number of para-hydroxylation sites is 1. The molecule has 0 unspecified atom stereocenters. The van der Waals surface area contributed by atoms with E-state index < -0.39 is 0 Å². The molecule has 7 heteroatoms. The standard InChI is InChI=1S/C29H34N2O4S/c1-29(2,3)19-12-13-21-25(15-19)36-28(26(21)27(32)31-20-10-8-7-9-11-20)30-17-18-14-23(34-5)24(35-6)16-22(18)33-4/h7-11,14,16-17,19H,12-13,15H2,1-6H3,(H,31,32)/t19-/m1/s1. The minimum absolute atomic E-state index is 0.126. The highest BCUT2D eigenvalue weighted by Gasteiger charge is 2.33. The maximum absolute atomic E-state index is 13.5. The molecule has 0 radical (unpaired) electrons. The highest BCUT2D eigenvalue weighted by molar-refractivity contribution is 7.16. The predicted molar refractivity (Wildman–Crippen MR) is 147 cm³/mol. The minimum Gasteiger partial charge on any atom is -0.496 e. The lowest BCUT2D eigenvalue weighted by Gasteiger charge is -2.33. The van der Waals surface area contributed by atoms with E-state index in [0.29, 0.717) is 33.7 Å².